The largest absolute Gasteiger partial charge is 0.458 e. The van der Waals surface area contributed by atoms with Crippen LogP contribution in [0.25, 0.3) is 10.9 Å². The van der Waals surface area contributed by atoms with Gasteiger partial charge >= 0.3 is 12.1 Å². The number of nitrogens with zero attached hydrogens (tertiary/aromatic N) is 2. The lowest BCUT2D eigenvalue weighted by molar-refractivity contribution is -0.164. The van der Waals surface area contributed by atoms with Crippen LogP contribution in [0.1, 0.15) is 52.7 Å². The van der Waals surface area contributed by atoms with Crippen molar-refractivity contribution in [1.29, 1.82) is 0 Å². The van der Waals surface area contributed by atoms with Gasteiger partial charge in [0.1, 0.15) is 23.1 Å². The monoisotopic (exact) mass is 526 g/mol. The molecular formula is C29H35ClN2O5. The first-order valence-corrected chi connectivity index (χ1v) is 12.8. The van der Waals surface area contributed by atoms with Crippen LogP contribution in [-0.4, -0.2) is 50.6 Å². The van der Waals surface area contributed by atoms with Crippen molar-refractivity contribution in [2.24, 2.45) is 0 Å². The second-order valence-corrected chi connectivity index (χ2v) is 11.2. The molecule has 198 valence electrons. The Hall–Kier alpha value is -3.32. The van der Waals surface area contributed by atoms with E-state index in [0.29, 0.717) is 11.1 Å². The average molecular weight is 527 g/mol. The van der Waals surface area contributed by atoms with Crippen LogP contribution in [0.15, 0.2) is 60.8 Å². The van der Waals surface area contributed by atoms with E-state index in [9.17, 15) is 14.4 Å². The Morgan fingerprint density at radius 1 is 0.892 bits per heavy atom. The van der Waals surface area contributed by atoms with Gasteiger partial charge in [-0.25, -0.2) is 9.59 Å². The summed E-state index contributed by atoms with van der Waals surface area (Å²) in [4.78, 5) is 41.0. The normalized spacial score (nSPS) is 12.7. The third-order valence-electron chi connectivity index (χ3n) is 5.48. The van der Waals surface area contributed by atoms with Crippen molar-refractivity contribution in [1.82, 2.24) is 9.47 Å². The van der Waals surface area contributed by atoms with E-state index < -0.39 is 35.2 Å². The summed E-state index contributed by atoms with van der Waals surface area (Å²) in [5, 5.41) is 0.778. The number of hydrogen-bond donors (Lipinski definition) is 0. The Morgan fingerprint density at radius 2 is 1.49 bits per heavy atom. The topological polar surface area (TPSA) is 77.8 Å². The lowest BCUT2D eigenvalue weighted by atomic mass is 10.0. The number of hydrogen-bond acceptors (Lipinski definition) is 5. The second kappa shape index (κ2) is 11.4. The molecule has 0 spiro atoms. The molecule has 0 aliphatic carbocycles. The molecule has 2 aromatic carbocycles. The lowest BCUT2D eigenvalue weighted by Gasteiger charge is -2.32. The summed E-state index contributed by atoms with van der Waals surface area (Å²) in [7, 11) is 0. The lowest BCUT2D eigenvalue weighted by Crippen LogP contribution is -2.48. The number of carbonyl (C=O) groups is 3. The first-order valence-electron chi connectivity index (χ1n) is 12.2. The summed E-state index contributed by atoms with van der Waals surface area (Å²) in [5.41, 5.74) is 0.764. The molecule has 3 aromatic rings. The number of alkyl halides is 1. The molecule has 0 N–H and O–H groups in total. The molecule has 1 aromatic heterocycles. The molecule has 0 bridgehead atoms. The van der Waals surface area contributed by atoms with E-state index in [4.69, 9.17) is 21.1 Å². The molecule has 7 nitrogen and oxygen atoms in total. The maximum atomic E-state index is 13.5. The predicted octanol–water partition coefficient (Wildman–Crippen LogP) is 5.94. The van der Waals surface area contributed by atoms with Crippen LogP contribution in [0.3, 0.4) is 0 Å². The molecule has 0 saturated heterocycles. The van der Waals surface area contributed by atoms with Gasteiger partial charge in [-0.3, -0.25) is 9.36 Å². The zero-order valence-corrected chi connectivity index (χ0v) is 23.0. The number of para-hydroxylation sites is 1. The minimum absolute atomic E-state index is 0.126. The molecule has 8 heteroatoms. The van der Waals surface area contributed by atoms with Gasteiger partial charge in [0.15, 0.2) is 0 Å². The number of aromatic nitrogens is 1. The fourth-order valence-electron chi connectivity index (χ4n) is 4.00. The molecule has 0 radical (unpaired) electrons. The zero-order valence-electron chi connectivity index (χ0n) is 22.3. The van der Waals surface area contributed by atoms with Gasteiger partial charge in [-0.15, -0.1) is 11.6 Å². The third kappa shape index (κ3) is 7.59. The summed E-state index contributed by atoms with van der Waals surface area (Å²) in [6, 6.07) is 15.8. The summed E-state index contributed by atoms with van der Waals surface area (Å²) in [5.74, 6) is -1.22. The maximum Gasteiger partial charge on any atom is 0.419 e. The fraction of sp³-hybridized carbons (Fsp3) is 0.414. The van der Waals surface area contributed by atoms with Crippen molar-refractivity contribution in [3.8, 4) is 0 Å². The molecule has 0 fully saturated rings. The van der Waals surface area contributed by atoms with Crippen LogP contribution in [0.4, 0.5) is 4.79 Å². The molecule has 1 amide bonds. The fourth-order valence-corrected chi connectivity index (χ4v) is 4.16. The van der Waals surface area contributed by atoms with Gasteiger partial charge in [-0.2, -0.15) is 0 Å². The van der Waals surface area contributed by atoms with Crippen LogP contribution in [-0.2, 0) is 32.0 Å². The number of halogens is 1. The van der Waals surface area contributed by atoms with Crippen LogP contribution in [0, 0.1) is 0 Å². The molecule has 1 atom stereocenters. The van der Waals surface area contributed by atoms with E-state index in [0.717, 1.165) is 10.9 Å². The predicted molar refractivity (Wildman–Crippen MR) is 145 cm³/mol. The highest BCUT2D eigenvalue weighted by Crippen LogP contribution is 2.27. The summed E-state index contributed by atoms with van der Waals surface area (Å²) in [6.45, 7) is 10.9. The van der Waals surface area contributed by atoms with Crippen molar-refractivity contribution in [3.05, 3.63) is 71.9 Å². The highest BCUT2D eigenvalue weighted by molar-refractivity contribution is 6.27. The van der Waals surface area contributed by atoms with Crippen LogP contribution >= 0.6 is 11.6 Å². The minimum Gasteiger partial charge on any atom is -0.458 e. The van der Waals surface area contributed by atoms with Crippen molar-refractivity contribution >= 4 is 40.5 Å². The Labute approximate surface area is 223 Å². The van der Waals surface area contributed by atoms with E-state index in [1.165, 1.54) is 9.47 Å². The van der Waals surface area contributed by atoms with E-state index in [-0.39, 0.29) is 18.8 Å². The number of carbonyl (C=O) groups excluding carboxylic acids is 3. The first-order chi connectivity index (χ1) is 17.3. The van der Waals surface area contributed by atoms with E-state index in [2.05, 4.69) is 0 Å². The number of rotatable bonds is 7. The third-order valence-corrected chi connectivity index (χ3v) is 5.71. The highest BCUT2D eigenvalue weighted by Gasteiger charge is 2.34. The van der Waals surface area contributed by atoms with Crippen molar-refractivity contribution in [2.45, 2.75) is 71.8 Å². The number of amides is 1. The maximum absolute atomic E-state index is 13.5. The number of ether oxygens (including phenoxy) is 2. The van der Waals surface area contributed by atoms with Crippen molar-refractivity contribution in [2.75, 3.05) is 5.88 Å². The average Bonchev–Trinajstić information content (AvgIpc) is 3.18. The minimum atomic E-state index is -0.969. The van der Waals surface area contributed by atoms with Gasteiger partial charge in [0.05, 0.1) is 5.52 Å². The Bertz CT molecular complexity index is 1250. The van der Waals surface area contributed by atoms with E-state index in [1.54, 1.807) is 47.7 Å². The summed E-state index contributed by atoms with van der Waals surface area (Å²) < 4.78 is 12.8. The highest BCUT2D eigenvalue weighted by atomic mass is 35.5. The standard InChI is InChI=1S/C29H35ClN2O5/c1-28(2,3)36-26(34)24(31(25(33)17-30)18-20-12-8-7-9-13-20)16-21-19-32(27(35)37-29(4,5)6)23-15-11-10-14-22(21)23/h7-15,19,24H,16-18H2,1-6H3/t24-/m0/s1. The van der Waals surface area contributed by atoms with Gasteiger partial charge in [0.2, 0.25) is 5.91 Å². The Morgan fingerprint density at radius 3 is 2.08 bits per heavy atom. The van der Waals surface area contributed by atoms with Crippen LogP contribution in [0.2, 0.25) is 0 Å². The zero-order chi connectivity index (χ0) is 27.4. The smallest absolute Gasteiger partial charge is 0.419 e. The molecular weight excluding hydrogens is 492 g/mol. The van der Waals surface area contributed by atoms with E-state index >= 15 is 0 Å². The molecule has 0 aliphatic heterocycles. The Kier molecular flexibility index (Phi) is 8.69. The van der Waals surface area contributed by atoms with Gasteiger partial charge in [-0.05, 0) is 58.7 Å². The van der Waals surface area contributed by atoms with E-state index in [1.807, 2.05) is 54.6 Å². The summed E-state index contributed by atoms with van der Waals surface area (Å²) in [6.07, 6.45) is 1.27. The molecule has 3 rings (SSSR count). The van der Waals surface area contributed by atoms with Crippen molar-refractivity contribution < 1.29 is 23.9 Å². The molecule has 0 aliphatic rings. The SMILES string of the molecule is CC(C)(C)OC(=O)[C@H](Cc1cn(C(=O)OC(C)(C)C)c2ccccc12)N(Cc1ccccc1)C(=O)CCl. The van der Waals surface area contributed by atoms with Crippen LogP contribution in [0.5, 0.6) is 0 Å². The number of benzene rings is 2. The molecule has 0 unspecified atom stereocenters. The molecule has 1 heterocycles. The van der Waals surface area contributed by atoms with Gasteiger partial charge in [-0.1, -0.05) is 48.5 Å². The Balaban J connectivity index is 2.08. The van der Waals surface area contributed by atoms with Gasteiger partial charge < -0.3 is 14.4 Å². The molecule has 0 saturated carbocycles. The first kappa shape index (κ1) is 28.3. The molecule has 37 heavy (non-hydrogen) atoms. The van der Waals surface area contributed by atoms with Gasteiger partial charge in [0.25, 0.3) is 0 Å². The quantitative estimate of drug-likeness (QED) is 0.281. The van der Waals surface area contributed by atoms with Crippen molar-refractivity contribution in [3.63, 3.8) is 0 Å². The second-order valence-electron chi connectivity index (χ2n) is 10.9. The van der Waals surface area contributed by atoms with Gasteiger partial charge in [0, 0.05) is 24.5 Å². The number of esters is 1. The summed E-state index contributed by atoms with van der Waals surface area (Å²) >= 11 is 5.99. The van der Waals surface area contributed by atoms with Crippen LogP contribution < -0.4 is 0 Å². The number of fused-ring (bicyclic) bond motifs is 1.